The summed E-state index contributed by atoms with van der Waals surface area (Å²) in [5, 5.41) is 2.99. The van der Waals surface area contributed by atoms with Gasteiger partial charge in [0.05, 0.1) is 13.2 Å². The lowest BCUT2D eigenvalue weighted by Gasteiger charge is -2.26. The molecular weight excluding hydrogens is 422 g/mol. The molecule has 2 unspecified atom stereocenters. The minimum atomic E-state index is -1.14. The number of carbonyl (C=O) groups excluding carboxylic acids is 1. The predicted molar refractivity (Wildman–Crippen MR) is 114 cm³/mol. The first-order valence-electron chi connectivity index (χ1n) is 10.3. The molecule has 0 spiro atoms. The van der Waals surface area contributed by atoms with Crippen LogP contribution in [-0.4, -0.2) is 68.4 Å². The molecule has 0 aromatic heterocycles. The van der Waals surface area contributed by atoms with E-state index in [9.17, 15) is 13.6 Å². The number of benzene rings is 2. The zero-order chi connectivity index (χ0) is 22.5. The van der Waals surface area contributed by atoms with Gasteiger partial charge in [-0.3, -0.25) is 9.69 Å². The van der Waals surface area contributed by atoms with Gasteiger partial charge in [0, 0.05) is 25.3 Å². The SMILES string of the molecule is NC(=O)C1N=C(c2c(F)cccc2F)OC1Nc1ccc(OCCN2CCOCC2)cc1. The Kier molecular flexibility index (Phi) is 6.81. The van der Waals surface area contributed by atoms with Gasteiger partial charge < -0.3 is 25.3 Å². The third-order valence-electron chi connectivity index (χ3n) is 5.19. The molecule has 0 aliphatic carbocycles. The Morgan fingerprint density at radius 3 is 2.50 bits per heavy atom. The van der Waals surface area contributed by atoms with Crippen LogP contribution in [0, 0.1) is 11.6 Å². The highest BCUT2D eigenvalue weighted by molar-refractivity contribution is 5.99. The highest BCUT2D eigenvalue weighted by Gasteiger charge is 2.37. The van der Waals surface area contributed by atoms with Crippen molar-refractivity contribution in [1.29, 1.82) is 0 Å². The number of aliphatic imine (C=N–C) groups is 1. The second-order valence-electron chi connectivity index (χ2n) is 7.39. The quantitative estimate of drug-likeness (QED) is 0.641. The molecule has 0 bridgehead atoms. The molecule has 2 aliphatic rings. The molecule has 1 amide bonds. The highest BCUT2D eigenvalue weighted by atomic mass is 19.1. The largest absolute Gasteiger partial charge is 0.492 e. The minimum absolute atomic E-state index is 0.315. The Labute approximate surface area is 184 Å². The zero-order valence-electron chi connectivity index (χ0n) is 17.3. The van der Waals surface area contributed by atoms with Crippen molar-refractivity contribution in [3.8, 4) is 5.75 Å². The molecule has 0 saturated carbocycles. The lowest BCUT2D eigenvalue weighted by molar-refractivity contribution is -0.120. The summed E-state index contributed by atoms with van der Waals surface area (Å²) in [7, 11) is 0. The van der Waals surface area contributed by atoms with Crippen LogP contribution in [0.25, 0.3) is 0 Å². The van der Waals surface area contributed by atoms with Gasteiger partial charge in [-0.1, -0.05) is 6.07 Å². The van der Waals surface area contributed by atoms with E-state index in [4.69, 9.17) is 19.9 Å². The maximum atomic E-state index is 14.1. The van der Waals surface area contributed by atoms with Crippen LogP contribution in [0.3, 0.4) is 0 Å². The standard InChI is InChI=1S/C22H24F2N4O4/c23-16-2-1-3-17(24)18(16)21-27-19(20(25)29)22(32-21)26-14-4-6-15(7-5-14)31-13-10-28-8-11-30-12-9-28/h1-7,19,22,26H,8-13H2,(H2,25,29). The van der Waals surface area contributed by atoms with Gasteiger partial charge in [0.25, 0.3) is 0 Å². The van der Waals surface area contributed by atoms with Crippen LogP contribution in [0.5, 0.6) is 5.75 Å². The van der Waals surface area contributed by atoms with E-state index in [1.165, 1.54) is 6.07 Å². The van der Waals surface area contributed by atoms with Crippen molar-refractivity contribution in [2.75, 3.05) is 44.8 Å². The number of nitrogens with one attached hydrogen (secondary N) is 1. The van der Waals surface area contributed by atoms with Crippen molar-refractivity contribution in [1.82, 2.24) is 4.90 Å². The minimum Gasteiger partial charge on any atom is -0.492 e. The number of primary amides is 1. The van der Waals surface area contributed by atoms with Crippen molar-refractivity contribution in [2.45, 2.75) is 12.3 Å². The van der Waals surface area contributed by atoms with Crippen molar-refractivity contribution in [3.63, 3.8) is 0 Å². The number of nitrogens with zero attached hydrogens (tertiary/aromatic N) is 2. The molecule has 0 radical (unpaired) electrons. The summed E-state index contributed by atoms with van der Waals surface area (Å²) < 4.78 is 44.8. The van der Waals surface area contributed by atoms with Crippen LogP contribution in [0.2, 0.25) is 0 Å². The van der Waals surface area contributed by atoms with Crippen molar-refractivity contribution in [3.05, 3.63) is 59.7 Å². The van der Waals surface area contributed by atoms with Crippen molar-refractivity contribution in [2.24, 2.45) is 10.7 Å². The van der Waals surface area contributed by atoms with Crippen LogP contribution in [0.4, 0.5) is 14.5 Å². The molecule has 8 nitrogen and oxygen atoms in total. The normalized spacial score (nSPS) is 21.0. The lowest BCUT2D eigenvalue weighted by atomic mass is 10.2. The summed E-state index contributed by atoms with van der Waals surface area (Å²) in [6.07, 6.45) is -1.01. The van der Waals surface area contributed by atoms with E-state index in [2.05, 4.69) is 15.2 Å². The van der Waals surface area contributed by atoms with E-state index >= 15 is 0 Å². The number of amides is 1. The Hall–Kier alpha value is -3.24. The smallest absolute Gasteiger partial charge is 0.248 e. The summed E-state index contributed by atoms with van der Waals surface area (Å²) in [6.45, 7) is 4.64. The summed E-state index contributed by atoms with van der Waals surface area (Å²) in [5.74, 6) is -2.09. The first-order chi connectivity index (χ1) is 15.5. The van der Waals surface area contributed by atoms with Gasteiger partial charge in [-0.25, -0.2) is 13.8 Å². The number of morpholine rings is 1. The van der Waals surface area contributed by atoms with Gasteiger partial charge in [0.2, 0.25) is 18.0 Å². The van der Waals surface area contributed by atoms with E-state index in [0.29, 0.717) is 18.0 Å². The number of ether oxygens (including phenoxy) is 3. The van der Waals surface area contributed by atoms with Crippen LogP contribution >= 0.6 is 0 Å². The van der Waals surface area contributed by atoms with Gasteiger partial charge >= 0.3 is 0 Å². The predicted octanol–water partition coefficient (Wildman–Crippen LogP) is 1.74. The number of carbonyl (C=O) groups is 1. The first-order valence-corrected chi connectivity index (χ1v) is 10.3. The Bertz CT molecular complexity index is 960. The molecule has 1 fully saturated rings. The number of anilines is 1. The maximum Gasteiger partial charge on any atom is 0.248 e. The van der Waals surface area contributed by atoms with Crippen LogP contribution in [0.15, 0.2) is 47.5 Å². The molecule has 2 aromatic rings. The number of rotatable bonds is 8. The number of halogens is 2. The van der Waals surface area contributed by atoms with E-state index in [1.54, 1.807) is 24.3 Å². The molecule has 3 N–H and O–H groups in total. The van der Waals surface area contributed by atoms with E-state index < -0.39 is 35.4 Å². The Morgan fingerprint density at radius 2 is 1.84 bits per heavy atom. The Balaban J connectivity index is 1.36. The zero-order valence-corrected chi connectivity index (χ0v) is 17.3. The average molecular weight is 446 g/mol. The van der Waals surface area contributed by atoms with Gasteiger partial charge in [-0.15, -0.1) is 0 Å². The lowest BCUT2D eigenvalue weighted by Crippen LogP contribution is -2.40. The fourth-order valence-corrected chi connectivity index (χ4v) is 3.48. The molecule has 2 atom stereocenters. The summed E-state index contributed by atoms with van der Waals surface area (Å²) in [4.78, 5) is 18.1. The van der Waals surface area contributed by atoms with Crippen molar-refractivity contribution >= 4 is 17.5 Å². The molecule has 4 rings (SSSR count). The van der Waals surface area contributed by atoms with Crippen LogP contribution in [0.1, 0.15) is 5.56 Å². The molecular formula is C22H24F2N4O4. The second-order valence-corrected chi connectivity index (χ2v) is 7.39. The van der Waals surface area contributed by atoms with Crippen LogP contribution < -0.4 is 15.8 Å². The molecule has 2 aliphatic heterocycles. The van der Waals surface area contributed by atoms with E-state index in [1.807, 2.05) is 0 Å². The number of hydrogen-bond donors (Lipinski definition) is 2. The highest BCUT2D eigenvalue weighted by Crippen LogP contribution is 2.24. The topological polar surface area (TPSA) is 98.4 Å². The van der Waals surface area contributed by atoms with E-state index in [0.717, 1.165) is 45.0 Å². The fraction of sp³-hybridized carbons (Fsp3) is 0.364. The van der Waals surface area contributed by atoms with Gasteiger partial charge in [0.15, 0.2) is 6.04 Å². The monoisotopic (exact) mass is 446 g/mol. The molecule has 170 valence electrons. The second kappa shape index (κ2) is 9.92. The molecule has 10 heteroatoms. The summed E-state index contributed by atoms with van der Waals surface area (Å²) in [6, 6.07) is 9.29. The third-order valence-corrected chi connectivity index (χ3v) is 5.19. The van der Waals surface area contributed by atoms with Crippen LogP contribution in [-0.2, 0) is 14.3 Å². The van der Waals surface area contributed by atoms with Gasteiger partial charge in [-0.05, 0) is 36.4 Å². The Morgan fingerprint density at radius 1 is 1.16 bits per heavy atom. The number of nitrogens with two attached hydrogens (primary N) is 1. The molecule has 1 saturated heterocycles. The first kappa shape index (κ1) is 22.0. The molecule has 2 heterocycles. The molecule has 32 heavy (non-hydrogen) atoms. The summed E-state index contributed by atoms with van der Waals surface area (Å²) >= 11 is 0. The van der Waals surface area contributed by atoms with E-state index in [-0.39, 0.29) is 5.90 Å². The fourth-order valence-electron chi connectivity index (χ4n) is 3.48. The van der Waals surface area contributed by atoms with Crippen molar-refractivity contribution < 1.29 is 27.8 Å². The van der Waals surface area contributed by atoms with Gasteiger partial charge in [0.1, 0.15) is 29.6 Å². The van der Waals surface area contributed by atoms with Gasteiger partial charge in [-0.2, -0.15) is 0 Å². The molecule has 2 aromatic carbocycles. The average Bonchev–Trinajstić information content (AvgIpc) is 3.19. The maximum absolute atomic E-state index is 14.1. The number of hydrogen-bond acceptors (Lipinski definition) is 7. The summed E-state index contributed by atoms with van der Waals surface area (Å²) in [5.41, 5.74) is 5.58. The third kappa shape index (κ3) is 5.14.